The first kappa shape index (κ1) is 16.9. The van der Waals surface area contributed by atoms with E-state index in [0.29, 0.717) is 0 Å². The second-order valence-electron chi connectivity index (χ2n) is 8.56. The molecular formula is C26H20N2S2. The fourth-order valence-corrected chi connectivity index (χ4v) is 7.86. The van der Waals surface area contributed by atoms with Gasteiger partial charge in [0, 0.05) is 45.0 Å². The molecule has 7 rings (SSSR count). The summed E-state index contributed by atoms with van der Waals surface area (Å²) in [6.45, 7) is 4.35. The van der Waals surface area contributed by atoms with Gasteiger partial charge in [-0.1, -0.05) is 24.3 Å². The molecule has 30 heavy (non-hydrogen) atoms. The molecule has 2 nitrogen and oxygen atoms in total. The van der Waals surface area contributed by atoms with Crippen molar-refractivity contribution in [1.29, 1.82) is 0 Å². The predicted molar refractivity (Wildman–Crippen MR) is 135 cm³/mol. The molecule has 0 aliphatic heterocycles. The minimum Gasteiger partial charge on any atom is -0.342 e. The highest BCUT2D eigenvalue weighted by Crippen LogP contribution is 2.45. The molecule has 0 aliphatic carbocycles. The molecule has 7 aromatic rings. The van der Waals surface area contributed by atoms with Gasteiger partial charge in [-0.2, -0.15) is 0 Å². The second-order valence-corrected chi connectivity index (χ2v) is 10.7. The Morgan fingerprint density at radius 3 is 1.43 bits per heavy atom. The number of hydrogen-bond donors (Lipinski definition) is 0. The Morgan fingerprint density at radius 1 is 0.567 bits per heavy atom. The number of thiophene rings is 2. The van der Waals surface area contributed by atoms with Crippen LogP contribution in [0.3, 0.4) is 0 Å². The highest BCUT2D eigenvalue weighted by atomic mass is 32.1. The number of hydrogen-bond acceptors (Lipinski definition) is 2. The van der Waals surface area contributed by atoms with Gasteiger partial charge in [0.1, 0.15) is 0 Å². The summed E-state index contributed by atoms with van der Waals surface area (Å²) in [4.78, 5) is 0. The van der Waals surface area contributed by atoms with Crippen LogP contribution in [-0.4, -0.2) is 9.13 Å². The molecule has 3 aromatic carbocycles. The van der Waals surface area contributed by atoms with Gasteiger partial charge in [-0.05, 0) is 49.2 Å². The van der Waals surface area contributed by atoms with E-state index in [4.69, 9.17) is 0 Å². The van der Waals surface area contributed by atoms with E-state index < -0.39 is 0 Å². The van der Waals surface area contributed by atoms with Crippen LogP contribution >= 0.6 is 22.7 Å². The Bertz CT molecular complexity index is 1700. The third-order valence-electron chi connectivity index (χ3n) is 6.64. The molecule has 0 unspecified atom stereocenters. The van der Waals surface area contributed by atoms with Gasteiger partial charge in [0.25, 0.3) is 0 Å². The summed E-state index contributed by atoms with van der Waals surface area (Å²) in [5.41, 5.74) is 8.03. The molecule has 0 fully saturated rings. The number of aryl methyl sites for hydroxylation is 4. The van der Waals surface area contributed by atoms with Crippen molar-refractivity contribution >= 4 is 85.1 Å². The quantitative estimate of drug-likeness (QED) is 0.233. The van der Waals surface area contributed by atoms with Crippen LogP contribution in [0.1, 0.15) is 11.1 Å². The zero-order chi connectivity index (χ0) is 20.3. The van der Waals surface area contributed by atoms with Crippen LogP contribution in [0.5, 0.6) is 0 Å². The van der Waals surface area contributed by atoms with E-state index in [9.17, 15) is 0 Å². The molecule has 0 amide bonds. The molecule has 4 heterocycles. The van der Waals surface area contributed by atoms with Gasteiger partial charge in [0.2, 0.25) is 0 Å². The summed E-state index contributed by atoms with van der Waals surface area (Å²) in [6.07, 6.45) is 0. The maximum absolute atomic E-state index is 2.42. The van der Waals surface area contributed by atoms with Gasteiger partial charge in [0.05, 0.1) is 31.5 Å². The molecule has 0 saturated carbocycles. The summed E-state index contributed by atoms with van der Waals surface area (Å²) in [7, 11) is 4.44. The number of fused-ring (bicyclic) bond motifs is 10. The van der Waals surface area contributed by atoms with Crippen LogP contribution in [0.4, 0.5) is 0 Å². The van der Waals surface area contributed by atoms with Gasteiger partial charge in [-0.15, -0.1) is 22.7 Å². The van der Waals surface area contributed by atoms with Gasteiger partial charge in [0.15, 0.2) is 0 Å². The molecule has 0 radical (unpaired) electrons. The number of benzene rings is 3. The second kappa shape index (κ2) is 5.45. The van der Waals surface area contributed by atoms with Crippen molar-refractivity contribution in [2.45, 2.75) is 13.8 Å². The molecule has 0 spiro atoms. The topological polar surface area (TPSA) is 9.86 Å². The smallest absolute Gasteiger partial charge is 0.0678 e. The molecule has 0 bridgehead atoms. The van der Waals surface area contributed by atoms with E-state index in [1.54, 1.807) is 0 Å². The van der Waals surface area contributed by atoms with Crippen molar-refractivity contribution in [3.63, 3.8) is 0 Å². The largest absolute Gasteiger partial charge is 0.342 e. The molecule has 0 N–H and O–H groups in total. The van der Waals surface area contributed by atoms with Crippen LogP contribution in [0.2, 0.25) is 0 Å². The summed E-state index contributed by atoms with van der Waals surface area (Å²) < 4.78 is 10.4. The van der Waals surface area contributed by atoms with E-state index in [1.165, 1.54) is 73.5 Å². The van der Waals surface area contributed by atoms with E-state index >= 15 is 0 Å². The van der Waals surface area contributed by atoms with Gasteiger partial charge in [-0.25, -0.2) is 0 Å². The highest BCUT2D eigenvalue weighted by Gasteiger charge is 2.20. The molecule has 146 valence electrons. The van der Waals surface area contributed by atoms with Crippen molar-refractivity contribution in [3.05, 3.63) is 59.7 Å². The Balaban J connectivity index is 1.68. The Labute approximate surface area is 181 Å². The molecular weight excluding hydrogens is 404 g/mol. The predicted octanol–water partition coefficient (Wildman–Crippen LogP) is 8.02. The van der Waals surface area contributed by atoms with E-state index in [0.717, 1.165) is 0 Å². The van der Waals surface area contributed by atoms with Crippen LogP contribution in [0, 0.1) is 13.8 Å². The van der Waals surface area contributed by atoms with Gasteiger partial charge in [-0.3, -0.25) is 0 Å². The van der Waals surface area contributed by atoms with Crippen molar-refractivity contribution in [1.82, 2.24) is 9.13 Å². The fourth-order valence-electron chi connectivity index (χ4n) is 5.15. The average molecular weight is 425 g/mol. The minimum atomic E-state index is 1.32. The van der Waals surface area contributed by atoms with Crippen molar-refractivity contribution in [3.8, 4) is 0 Å². The fraction of sp³-hybridized carbons (Fsp3) is 0.154. The third-order valence-corrected chi connectivity index (χ3v) is 8.99. The molecule has 0 aliphatic rings. The minimum absolute atomic E-state index is 1.32. The summed E-state index contributed by atoms with van der Waals surface area (Å²) in [5.74, 6) is 0. The van der Waals surface area contributed by atoms with Crippen molar-refractivity contribution < 1.29 is 0 Å². The first-order chi connectivity index (χ1) is 14.5. The first-order valence-corrected chi connectivity index (χ1v) is 11.9. The van der Waals surface area contributed by atoms with E-state index in [-0.39, 0.29) is 0 Å². The van der Waals surface area contributed by atoms with E-state index in [1.807, 2.05) is 22.7 Å². The van der Waals surface area contributed by atoms with Crippen LogP contribution < -0.4 is 0 Å². The number of nitrogens with zero attached hydrogens (tertiary/aromatic N) is 2. The average Bonchev–Trinajstić information content (AvgIpc) is 3.41. The Hall–Kier alpha value is -2.82. The first-order valence-electron chi connectivity index (χ1n) is 10.2. The SMILES string of the molecule is Cc1ccc2c(c1)sc1c3cc4c(cc3n(C)c21)c1sc2cc(C)ccc2c1n4C. The summed E-state index contributed by atoms with van der Waals surface area (Å²) in [6, 6.07) is 18.5. The van der Waals surface area contributed by atoms with Crippen molar-refractivity contribution in [2.75, 3.05) is 0 Å². The maximum atomic E-state index is 2.42. The third kappa shape index (κ3) is 1.94. The standard InChI is InChI=1S/C26H20N2S2/c1-13-5-7-15-21(9-13)29-25-17-11-20-18(12-19(17)27(3)23(15)25)26-24(28(20)4)16-8-6-14(2)10-22(16)30-26/h5-12H,1-4H3. The highest BCUT2D eigenvalue weighted by molar-refractivity contribution is 7.27. The van der Waals surface area contributed by atoms with Crippen LogP contribution in [0.25, 0.3) is 62.4 Å². The lowest BCUT2D eigenvalue weighted by Gasteiger charge is -2.02. The van der Waals surface area contributed by atoms with Gasteiger partial charge < -0.3 is 9.13 Å². The maximum Gasteiger partial charge on any atom is 0.0678 e. The Kier molecular flexibility index (Phi) is 3.07. The van der Waals surface area contributed by atoms with Crippen LogP contribution in [0.15, 0.2) is 48.5 Å². The lowest BCUT2D eigenvalue weighted by Crippen LogP contribution is -1.88. The van der Waals surface area contributed by atoms with E-state index in [2.05, 4.69) is 85.6 Å². The zero-order valence-electron chi connectivity index (χ0n) is 17.3. The molecule has 0 atom stereocenters. The zero-order valence-corrected chi connectivity index (χ0v) is 19.0. The summed E-state index contributed by atoms with van der Waals surface area (Å²) >= 11 is 3.85. The normalized spacial score (nSPS) is 12.7. The lowest BCUT2D eigenvalue weighted by atomic mass is 10.1. The van der Waals surface area contributed by atoms with Gasteiger partial charge >= 0.3 is 0 Å². The molecule has 0 saturated heterocycles. The van der Waals surface area contributed by atoms with Crippen LogP contribution in [-0.2, 0) is 14.1 Å². The molecule has 4 aromatic heterocycles. The monoisotopic (exact) mass is 424 g/mol. The summed E-state index contributed by atoms with van der Waals surface area (Å²) in [5, 5.41) is 5.47. The number of rotatable bonds is 0. The number of aromatic nitrogens is 2. The Morgan fingerprint density at radius 2 is 1.00 bits per heavy atom. The molecule has 4 heteroatoms. The lowest BCUT2D eigenvalue weighted by molar-refractivity contribution is 1.01. The van der Waals surface area contributed by atoms with Crippen molar-refractivity contribution in [2.24, 2.45) is 14.1 Å².